The average Bonchev–Trinajstić information content (AvgIpc) is 3.20. The molecule has 5 heteroatoms. The highest BCUT2D eigenvalue weighted by Crippen LogP contribution is 2.43. The maximum absolute atomic E-state index is 13.4. The third-order valence-electron chi connectivity index (χ3n) is 6.37. The van der Waals surface area contributed by atoms with Crippen molar-refractivity contribution in [2.24, 2.45) is 5.41 Å². The fraction of sp³-hybridized carbons (Fsp3) is 0.360. The molecule has 1 amide bonds. The van der Waals surface area contributed by atoms with Crippen LogP contribution >= 0.6 is 11.3 Å². The predicted octanol–water partition coefficient (Wildman–Crippen LogP) is 5.36. The van der Waals surface area contributed by atoms with Crippen LogP contribution in [0.2, 0.25) is 0 Å². The molecule has 2 aromatic rings. The second-order valence-corrected chi connectivity index (χ2v) is 9.29. The lowest BCUT2D eigenvalue weighted by atomic mass is 9.71. The van der Waals surface area contributed by atoms with Crippen LogP contribution in [0.1, 0.15) is 25.7 Å². The van der Waals surface area contributed by atoms with Crippen molar-refractivity contribution in [3.63, 3.8) is 0 Å². The van der Waals surface area contributed by atoms with Crippen LogP contribution in [0, 0.1) is 5.41 Å². The van der Waals surface area contributed by atoms with Gasteiger partial charge < -0.3 is 9.80 Å². The van der Waals surface area contributed by atoms with Gasteiger partial charge in [-0.25, -0.2) is 4.98 Å². The first-order chi connectivity index (χ1) is 14.5. The number of nitrogens with zero attached hydrogens (tertiary/aromatic N) is 3. The molecule has 0 aliphatic carbocycles. The standard InChI is InChI=1S/C25H29N3OS/c1-4-5-9-19(2)20(3)18-28-15-8-12-25(23(28)29)13-16-27(17-14-25)24-26-21-10-6-7-11-22(21)30-24/h4-7,9-11H,1-3,8,12-18H2. The van der Waals surface area contributed by atoms with Gasteiger partial charge >= 0.3 is 0 Å². The minimum absolute atomic E-state index is 0.232. The number of aromatic nitrogens is 1. The zero-order valence-electron chi connectivity index (χ0n) is 17.5. The minimum atomic E-state index is -0.232. The number of fused-ring (bicyclic) bond motifs is 1. The van der Waals surface area contributed by atoms with E-state index in [9.17, 15) is 4.79 Å². The second-order valence-electron chi connectivity index (χ2n) is 8.29. The highest BCUT2D eigenvalue weighted by molar-refractivity contribution is 7.22. The van der Waals surface area contributed by atoms with Gasteiger partial charge in [0.15, 0.2) is 5.13 Å². The number of anilines is 1. The van der Waals surface area contributed by atoms with E-state index < -0.39 is 0 Å². The zero-order valence-corrected chi connectivity index (χ0v) is 18.3. The highest BCUT2D eigenvalue weighted by Gasteiger charge is 2.45. The second kappa shape index (κ2) is 8.60. The summed E-state index contributed by atoms with van der Waals surface area (Å²) in [4.78, 5) is 22.6. The lowest BCUT2D eigenvalue weighted by molar-refractivity contribution is -0.147. The fourth-order valence-electron chi connectivity index (χ4n) is 4.52. The molecule has 0 atom stereocenters. The summed E-state index contributed by atoms with van der Waals surface area (Å²) in [7, 11) is 0. The molecule has 3 heterocycles. The number of carbonyl (C=O) groups excluding carboxylic acids is 1. The summed E-state index contributed by atoms with van der Waals surface area (Å²) in [5.74, 6) is 0.291. The van der Waals surface area contributed by atoms with Gasteiger partial charge in [0.05, 0.1) is 15.6 Å². The quantitative estimate of drug-likeness (QED) is 0.592. The van der Waals surface area contributed by atoms with E-state index in [-0.39, 0.29) is 5.41 Å². The van der Waals surface area contributed by atoms with Gasteiger partial charge in [-0.2, -0.15) is 0 Å². The molecule has 2 fully saturated rings. The molecule has 4 rings (SSSR count). The van der Waals surface area contributed by atoms with Gasteiger partial charge in [-0.1, -0.05) is 61.4 Å². The van der Waals surface area contributed by atoms with Crippen LogP contribution in [0.4, 0.5) is 5.13 Å². The highest BCUT2D eigenvalue weighted by atomic mass is 32.1. The normalized spacial score (nSPS) is 19.0. The Morgan fingerprint density at radius 1 is 1.17 bits per heavy atom. The molecule has 0 saturated carbocycles. The molecule has 156 valence electrons. The summed E-state index contributed by atoms with van der Waals surface area (Å²) in [6, 6.07) is 8.27. The monoisotopic (exact) mass is 419 g/mol. The molecule has 1 aromatic heterocycles. The summed E-state index contributed by atoms with van der Waals surface area (Å²) in [6.07, 6.45) is 9.29. The largest absolute Gasteiger partial charge is 0.348 e. The molecule has 30 heavy (non-hydrogen) atoms. The number of amides is 1. The maximum Gasteiger partial charge on any atom is 0.229 e. The third kappa shape index (κ3) is 3.99. The van der Waals surface area contributed by atoms with Crippen molar-refractivity contribution >= 4 is 32.6 Å². The molecule has 2 aliphatic heterocycles. The van der Waals surface area contributed by atoms with Crippen molar-refractivity contribution in [2.75, 3.05) is 31.1 Å². The molecular weight excluding hydrogens is 390 g/mol. The van der Waals surface area contributed by atoms with E-state index in [2.05, 4.69) is 42.8 Å². The van der Waals surface area contributed by atoms with Crippen LogP contribution in [0.15, 0.2) is 73.4 Å². The summed E-state index contributed by atoms with van der Waals surface area (Å²) >= 11 is 1.74. The van der Waals surface area contributed by atoms with Crippen LogP contribution in [-0.2, 0) is 4.79 Å². The van der Waals surface area contributed by atoms with Crippen molar-refractivity contribution in [1.29, 1.82) is 0 Å². The molecule has 0 N–H and O–H groups in total. The number of benzene rings is 1. The lowest BCUT2D eigenvalue weighted by Gasteiger charge is -2.46. The van der Waals surface area contributed by atoms with Gasteiger partial charge in [0.25, 0.3) is 0 Å². The zero-order chi connectivity index (χ0) is 21.1. The number of thiazole rings is 1. The number of para-hydroxylation sites is 1. The molecule has 1 aromatic carbocycles. The van der Waals surface area contributed by atoms with E-state index >= 15 is 0 Å². The summed E-state index contributed by atoms with van der Waals surface area (Å²) in [5.41, 5.74) is 2.57. The van der Waals surface area contributed by atoms with Crippen LogP contribution in [0.5, 0.6) is 0 Å². The Hall–Kier alpha value is -2.66. The van der Waals surface area contributed by atoms with Crippen LogP contribution < -0.4 is 4.90 Å². The average molecular weight is 420 g/mol. The molecular formula is C25H29N3OS. The minimum Gasteiger partial charge on any atom is -0.348 e. The van der Waals surface area contributed by atoms with Crippen molar-refractivity contribution in [2.45, 2.75) is 25.7 Å². The molecule has 0 bridgehead atoms. The number of piperidine rings is 2. The van der Waals surface area contributed by atoms with Crippen molar-refractivity contribution < 1.29 is 4.79 Å². The number of carbonyl (C=O) groups is 1. The van der Waals surface area contributed by atoms with Crippen LogP contribution in [-0.4, -0.2) is 42.0 Å². The molecule has 2 saturated heterocycles. The lowest BCUT2D eigenvalue weighted by Crippen LogP contribution is -2.54. The molecule has 0 radical (unpaired) electrons. The number of likely N-dealkylation sites (tertiary alicyclic amines) is 1. The Morgan fingerprint density at radius 2 is 1.93 bits per heavy atom. The number of hydrogen-bond acceptors (Lipinski definition) is 4. The van der Waals surface area contributed by atoms with Gasteiger partial charge in [0.1, 0.15) is 0 Å². The van der Waals surface area contributed by atoms with Gasteiger partial charge in [-0.3, -0.25) is 4.79 Å². The first kappa shape index (κ1) is 20.6. The van der Waals surface area contributed by atoms with E-state index in [0.717, 1.165) is 67.1 Å². The van der Waals surface area contributed by atoms with Crippen LogP contribution in [0.25, 0.3) is 10.2 Å². The summed E-state index contributed by atoms with van der Waals surface area (Å²) < 4.78 is 1.22. The Balaban J connectivity index is 1.41. The molecule has 1 spiro atoms. The van der Waals surface area contributed by atoms with E-state index in [4.69, 9.17) is 4.98 Å². The van der Waals surface area contributed by atoms with E-state index in [1.165, 1.54) is 4.70 Å². The molecule has 2 aliphatic rings. The first-order valence-corrected chi connectivity index (χ1v) is 11.4. The van der Waals surface area contributed by atoms with Gasteiger partial charge in [-0.15, -0.1) is 0 Å². The first-order valence-electron chi connectivity index (χ1n) is 10.6. The summed E-state index contributed by atoms with van der Waals surface area (Å²) in [6.45, 7) is 15.0. The predicted molar refractivity (Wildman–Crippen MR) is 127 cm³/mol. The number of rotatable bonds is 6. The Labute approximate surface area is 182 Å². The van der Waals surface area contributed by atoms with Crippen molar-refractivity contribution in [1.82, 2.24) is 9.88 Å². The van der Waals surface area contributed by atoms with Crippen molar-refractivity contribution in [3.05, 3.63) is 73.4 Å². The smallest absolute Gasteiger partial charge is 0.229 e. The van der Waals surface area contributed by atoms with E-state index in [1.54, 1.807) is 17.4 Å². The third-order valence-corrected chi connectivity index (χ3v) is 7.46. The number of allylic oxidation sites excluding steroid dienone is 3. The van der Waals surface area contributed by atoms with E-state index in [1.807, 2.05) is 23.1 Å². The van der Waals surface area contributed by atoms with Crippen LogP contribution in [0.3, 0.4) is 0 Å². The Bertz CT molecular complexity index is 977. The molecule has 4 nitrogen and oxygen atoms in total. The molecule has 0 unspecified atom stereocenters. The Kier molecular flexibility index (Phi) is 5.91. The topological polar surface area (TPSA) is 36.4 Å². The summed E-state index contributed by atoms with van der Waals surface area (Å²) in [5, 5.41) is 1.07. The van der Waals surface area contributed by atoms with Crippen molar-refractivity contribution in [3.8, 4) is 0 Å². The van der Waals surface area contributed by atoms with Gasteiger partial charge in [-0.05, 0) is 49.0 Å². The maximum atomic E-state index is 13.4. The number of hydrogen-bond donors (Lipinski definition) is 0. The Morgan fingerprint density at radius 3 is 2.67 bits per heavy atom. The van der Waals surface area contributed by atoms with E-state index in [0.29, 0.717) is 12.5 Å². The SMILES string of the molecule is C=CC=CC(=C)C(=C)CN1CCCC2(CCN(c3nc4ccccc4s3)CC2)C1=O. The van der Waals surface area contributed by atoms with Gasteiger partial charge in [0, 0.05) is 26.2 Å². The fourth-order valence-corrected chi connectivity index (χ4v) is 5.54. The van der Waals surface area contributed by atoms with Gasteiger partial charge in [0.2, 0.25) is 5.91 Å².